The first kappa shape index (κ1) is 13.1. The molecule has 1 heterocycles. The number of carboxylic acid groups (broad SMARTS) is 1. The van der Waals surface area contributed by atoms with E-state index in [2.05, 4.69) is 5.32 Å². The summed E-state index contributed by atoms with van der Waals surface area (Å²) in [6, 6.07) is 6.85. The van der Waals surface area contributed by atoms with E-state index in [0.29, 0.717) is 17.6 Å². The molecule has 1 aromatic carbocycles. The summed E-state index contributed by atoms with van der Waals surface area (Å²) in [6.45, 7) is 1.83. The highest BCUT2D eigenvalue weighted by molar-refractivity contribution is 6.06. The van der Waals surface area contributed by atoms with Gasteiger partial charge in [0.05, 0.1) is 12.0 Å². The molecule has 0 saturated heterocycles. The van der Waals surface area contributed by atoms with Gasteiger partial charge in [0.1, 0.15) is 11.8 Å². The molecule has 1 aromatic heterocycles. The number of hydrogen-bond donors (Lipinski definition) is 2. The molecule has 5 nitrogen and oxygen atoms in total. The van der Waals surface area contributed by atoms with Crippen LogP contribution in [0.3, 0.4) is 0 Å². The van der Waals surface area contributed by atoms with E-state index in [0.717, 1.165) is 5.39 Å². The van der Waals surface area contributed by atoms with Crippen LogP contribution < -0.4 is 5.32 Å². The number of nitrogens with one attached hydrogen (secondary N) is 1. The molecule has 0 aliphatic heterocycles. The molecule has 5 heteroatoms. The molecule has 2 aromatic rings. The fourth-order valence-electron chi connectivity index (χ4n) is 1.93. The van der Waals surface area contributed by atoms with Crippen molar-refractivity contribution < 1.29 is 19.1 Å². The summed E-state index contributed by atoms with van der Waals surface area (Å²) < 4.78 is 5.29. The number of carboxylic acids is 1. The van der Waals surface area contributed by atoms with Gasteiger partial charge >= 0.3 is 5.97 Å². The number of fused-ring (bicyclic) bond motifs is 1. The highest BCUT2D eigenvalue weighted by Gasteiger charge is 2.18. The molecule has 0 spiro atoms. The number of furan rings is 1. The van der Waals surface area contributed by atoms with Crippen molar-refractivity contribution in [2.45, 2.75) is 25.8 Å². The Kier molecular flexibility index (Phi) is 3.85. The maximum atomic E-state index is 12.1. The van der Waals surface area contributed by atoms with Gasteiger partial charge in [0.25, 0.3) is 5.91 Å². The molecule has 0 radical (unpaired) electrons. The normalized spacial score (nSPS) is 12.3. The first-order chi connectivity index (χ1) is 9.11. The SMILES string of the molecule is CCC(CC(=O)O)NC(=O)c1coc2ccccc12. The van der Waals surface area contributed by atoms with Crippen molar-refractivity contribution >= 4 is 22.8 Å². The third-order valence-electron chi connectivity index (χ3n) is 2.97. The van der Waals surface area contributed by atoms with Crippen LogP contribution in [0.5, 0.6) is 0 Å². The number of rotatable bonds is 5. The van der Waals surface area contributed by atoms with Crippen LogP contribution in [0, 0.1) is 0 Å². The zero-order valence-corrected chi connectivity index (χ0v) is 10.6. The quantitative estimate of drug-likeness (QED) is 0.866. The maximum absolute atomic E-state index is 12.1. The minimum atomic E-state index is -0.927. The second-order valence-electron chi connectivity index (χ2n) is 4.32. The third kappa shape index (κ3) is 2.93. The van der Waals surface area contributed by atoms with Crippen molar-refractivity contribution in [2.24, 2.45) is 0 Å². The van der Waals surface area contributed by atoms with E-state index >= 15 is 0 Å². The van der Waals surface area contributed by atoms with Gasteiger partial charge in [-0.05, 0) is 12.5 Å². The van der Waals surface area contributed by atoms with Gasteiger partial charge in [0, 0.05) is 11.4 Å². The standard InChI is InChI=1S/C14H15NO4/c1-2-9(7-13(16)17)15-14(18)11-8-19-12-6-4-3-5-10(11)12/h3-6,8-9H,2,7H2,1H3,(H,15,18)(H,16,17). The number of carbonyl (C=O) groups is 2. The van der Waals surface area contributed by atoms with Crippen LogP contribution in [0.15, 0.2) is 34.9 Å². The summed E-state index contributed by atoms with van der Waals surface area (Å²) >= 11 is 0. The predicted molar refractivity (Wildman–Crippen MR) is 70.0 cm³/mol. The summed E-state index contributed by atoms with van der Waals surface area (Å²) in [5.41, 5.74) is 1.07. The van der Waals surface area contributed by atoms with Gasteiger partial charge in [-0.1, -0.05) is 25.1 Å². The van der Waals surface area contributed by atoms with E-state index in [4.69, 9.17) is 9.52 Å². The number of hydrogen-bond acceptors (Lipinski definition) is 3. The predicted octanol–water partition coefficient (Wildman–Crippen LogP) is 2.42. The number of para-hydroxylation sites is 1. The Morgan fingerprint density at radius 3 is 2.79 bits per heavy atom. The van der Waals surface area contributed by atoms with E-state index in [1.165, 1.54) is 6.26 Å². The summed E-state index contributed by atoms with van der Waals surface area (Å²) in [5, 5.41) is 12.2. The maximum Gasteiger partial charge on any atom is 0.305 e. The monoisotopic (exact) mass is 261 g/mol. The van der Waals surface area contributed by atoms with Gasteiger partial charge in [0.15, 0.2) is 0 Å². The fourth-order valence-corrected chi connectivity index (χ4v) is 1.93. The average molecular weight is 261 g/mol. The number of aliphatic carboxylic acids is 1. The van der Waals surface area contributed by atoms with E-state index in [1.54, 1.807) is 12.1 Å². The van der Waals surface area contributed by atoms with Crippen LogP contribution in [0.2, 0.25) is 0 Å². The first-order valence-corrected chi connectivity index (χ1v) is 6.10. The van der Waals surface area contributed by atoms with Crippen LogP contribution in [0.4, 0.5) is 0 Å². The molecule has 0 fully saturated rings. The molecule has 1 unspecified atom stereocenters. The summed E-state index contributed by atoms with van der Waals surface area (Å²) in [4.78, 5) is 22.8. The molecular formula is C14H15NO4. The fraction of sp³-hybridized carbons (Fsp3) is 0.286. The van der Waals surface area contributed by atoms with Crippen molar-refractivity contribution in [3.8, 4) is 0 Å². The highest BCUT2D eigenvalue weighted by Crippen LogP contribution is 2.20. The van der Waals surface area contributed by atoms with Crippen LogP contribution in [0.25, 0.3) is 11.0 Å². The Morgan fingerprint density at radius 2 is 2.11 bits per heavy atom. The summed E-state index contributed by atoms with van der Waals surface area (Å²) in [7, 11) is 0. The number of amides is 1. The second-order valence-corrected chi connectivity index (χ2v) is 4.32. The lowest BCUT2D eigenvalue weighted by molar-refractivity contribution is -0.137. The first-order valence-electron chi connectivity index (χ1n) is 6.10. The zero-order chi connectivity index (χ0) is 13.8. The number of carbonyl (C=O) groups excluding carboxylic acids is 1. The Morgan fingerprint density at radius 1 is 1.37 bits per heavy atom. The van der Waals surface area contributed by atoms with Crippen molar-refractivity contribution in [2.75, 3.05) is 0 Å². The Hall–Kier alpha value is -2.30. The minimum absolute atomic E-state index is 0.0853. The van der Waals surface area contributed by atoms with Crippen LogP contribution >= 0.6 is 0 Å². The molecule has 2 rings (SSSR count). The Labute approximate surface area is 110 Å². The van der Waals surface area contributed by atoms with Gasteiger partial charge < -0.3 is 14.8 Å². The van der Waals surface area contributed by atoms with Crippen molar-refractivity contribution in [3.05, 3.63) is 36.1 Å². The van der Waals surface area contributed by atoms with Crippen molar-refractivity contribution in [3.63, 3.8) is 0 Å². The van der Waals surface area contributed by atoms with E-state index < -0.39 is 5.97 Å². The third-order valence-corrected chi connectivity index (χ3v) is 2.97. The van der Waals surface area contributed by atoms with E-state index in [-0.39, 0.29) is 18.4 Å². The Balaban J connectivity index is 2.17. The van der Waals surface area contributed by atoms with E-state index in [1.807, 2.05) is 19.1 Å². The topological polar surface area (TPSA) is 79.5 Å². The second kappa shape index (κ2) is 5.56. The lowest BCUT2D eigenvalue weighted by atomic mass is 10.1. The van der Waals surface area contributed by atoms with Crippen molar-refractivity contribution in [1.82, 2.24) is 5.32 Å². The van der Waals surface area contributed by atoms with E-state index in [9.17, 15) is 9.59 Å². The molecular weight excluding hydrogens is 246 g/mol. The van der Waals surface area contributed by atoms with Crippen LogP contribution in [-0.4, -0.2) is 23.0 Å². The average Bonchev–Trinajstić information content (AvgIpc) is 2.81. The molecule has 100 valence electrons. The molecule has 19 heavy (non-hydrogen) atoms. The van der Waals surface area contributed by atoms with Gasteiger partial charge in [-0.25, -0.2) is 0 Å². The molecule has 1 amide bonds. The Bertz CT molecular complexity index is 602. The minimum Gasteiger partial charge on any atom is -0.481 e. The summed E-state index contributed by atoms with van der Waals surface area (Å²) in [6.07, 6.45) is 1.87. The zero-order valence-electron chi connectivity index (χ0n) is 10.6. The molecule has 0 aliphatic rings. The molecule has 1 atom stereocenters. The lowest BCUT2D eigenvalue weighted by Gasteiger charge is -2.14. The lowest BCUT2D eigenvalue weighted by Crippen LogP contribution is -2.35. The molecule has 0 aliphatic carbocycles. The van der Waals surface area contributed by atoms with Gasteiger partial charge in [-0.15, -0.1) is 0 Å². The highest BCUT2D eigenvalue weighted by atomic mass is 16.4. The van der Waals surface area contributed by atoms with Gasteiger partial charge in [-0.2, -0.15) is 0 Å². The van der Waals surface area contributed by atoms with Crippen LogP contribution in [0.1, 0.15) is 30.1 Å². The van der Waals surface area contributed by atoms with Gasteiger partial charge in [0.2, 0.25) is 0 Å². The largest absolute Gasteiger partial charge is 0.481 e. The molecule has 0 bridgehead atoms. The van der Waals surface area contributed by atoms with Crippen molar-refractivity contribution in [1.29, 1.82) is 0 Å². The smallest absolute Gasteiger partial charge is 0.305 e. The summed E-state index contributed by atoms with van der Waals surface area (Å²) in [5.74, 6) is -1.23. The molecule has 2 N–H and O–H groups in total. The number of benzene rings is 1. The molecule has 0 saturated carbocycles. The van der Waals surface area contributed by atoms with Crippen LogP contribution in [-0.2, 0) is 4.79 Å². The van der Waals surface area contributed by atoms with Gasteiger partial charge in [-0.3, -0.25) is 9.59 Å².